The highest BCUT2D eigenvalue weighted by Gasteiger charge is 2.09. The maximum Gasteiger partial charge on any atom is 0.251 e. The van der Waals surface area contributed by atoms with Gasteiger partial charge in [0.15, 0.2) is 0 Å². The van der Waals surface area contributed by atoms with Crippen LogP contribution in [0.3, 0.4) is 0 Å². The van der Waals surface area contributed by atoms with Crippen molar-refractivity contribution in [3.05, 3.63) is 77.5 Å². The zero-order valence-corrected chi connectivity index (χ0v) is 17.8. The van der Waals surface area contributed by atoms with Gasteiger partial charge >= 0.3 is 0 Å². The molecule has 0 spiro atoms. The van der Waals surface area contributed by atoms with E-state index in [1.807, 2.05) is 0 Å². The van der Waals surface area contributed by atoms with Crippen LogP contribution in [-0.4, -0.2) is 29.9 Å². The molecule has 2 rings (SSSR count). The van der Waals surface area contributed by atoms with E-state index in [0.29, 0.717) is 23.7 Å². The summed E-state index contributed by atoms with van der Waals surface area (Å²) < 4.78 is 5.71. The van der Waals surface area contributed by atoms with Crippen LogP contribution < -0.4 is 15.4 Å². The quantitative estimate of drug-likeness (QED) is 0.568. The molecule has 0 atom stereocenters. The summed E-state index contributed by atoms with van der Waals surface area (Å²) in [6, 6.07) is 12.0. The summed E-state index contributed by atoms with van der Waals surface area (Å²) in [5, 5.41) is 5.20. The minimum atomic E-state index is -0.339. The number of pyridine rings is 1. The van der Waals surface area contributed by atoms with Gasteiger partial charge in [0.1, 0.15) is 18.2 Å². The fraction of sp³-hybridized carbons (Fsp3) is 0.292. The number of amides is 2. The minimum absolute atomic E-state index is 0.134. The molecule has 0 saturated heterocycles. The van der Waals surface area contributed by atoms with Gasteiger partial charge in [0.05, 0.1) is 6.54 Å². The van der Waals surface area contributed by atoms with Crippen molar-refractivity contribution in [3.63, 3.8) is 0 Å². The van der Waals surface area contributed by atoms with Crippen molar-refractivity contribution in [1.29, 1.82) is 0 Å². The summed E-state index contributed by atoms with van der Waals surface area (Å²) in [6.45, 7) is 6.65. The van der Waals surface area contributed by atoms with Gasteiger partial charge in [-0.05, 0) is 76.1 Å². The predicted octanol–water partition coefficient (Wildman–Crippen LogP) is 4.52. The number of nitrogens with one attached hydrogen (secondary N) is 2. The Labute approximate surface area is 178 Å². The zero-order chi connectivity index (χ0) is 21.8. The number of carbonyl (C=O) groups is 2. The molecule has 1 heterocycles. The van der Waals surface area contributed by atoms with Crippen LogP contribution in [-0.2, 0) is 4.79 Å². The van der Waals surface area contributed by atoms with E-state index >= 15 is 0 Å². The van der Waals surface area contributed by atoms with Crippen molar-refractivity contribution >= 4 is 17.6 Å². The number of ether oxygens (including phenoxy) is 1. The molecule has 1 aromatic heterocycles. The van der Waals surface area contributed by atoms with Gasteiger partial charge < -0.3 is 15.4 Å². The molecule has 0 saturated carbocycles. The molecular weight excluding hydrogens is 378 g/mol. The van der Waals surface area contributed by atoms with Crippen LogP contribution in [0.1, 0.15) is 44.0 Å². The Kier molecular flexibility index (Phi) is 9.31. The van der Waals surface area contributed by atoms with Gasteiger partial charge in [-0.2, -0.15) is 0 Å². The van der Waals surface area contributed by atoms with E-state index in [2.05, 4.69) is 48.5 Å². The lowest BCUT2D eigenvalue weighted by Crippen LogP contribution is -2.33. The molecule has 0 aliphatic carbocycles. The molecule has 30 heavy (non-hydrogen) atoms. The number of anilines is 1. The Morgan fingerprint density at radius 3 is 2.47 bits per heavy atom. The number of aromatic nitrogens is 1. The van der Waals surface area contributed by atoms with Crippen LogP contribution in [0.15, 0.2) is 72.0 Å². The third kappa shape index (κ3) is 8.73. The third-order valence-electron chi connectivity index (χ3n) is 4.23. The number of hydrogen-bond donors (Lipinski definition) is 2. The van der Waals surface area contributed by atoms with E-state index < -0.39 is 0 Å². The third-order valence-corrected chi connectivity index (χ3v) is 4.23. The van der Waals surface area contributed by atoms with Crippen LogP contribution in [0.5, 0.6) is 5.75 Å². The molecule has 0 radical (unpaired) electrons. The predicted molar refractivity (Wildman–Crippen MR) is 120 cm³/mol. The Morgan fingerprint density at radius 1 is 1.03 bits per heavy atom. The number of nitrogens with zero attached hydrogens (tertiary/aromatic N) is 1. The number of allylic oxidation sites excluding steroid dienone is 3. The van der Waals surface area contributed by atoms with Gasteiger partial charge in [0.2, 0.25) is 5.91 Å². The largest absolute Gasteiger partial charge is 0.490 e. The fourth-order valence-electron chi connectivity index (χ4n) is 2.56. The maximum absolute atomic E-state index is 12.2. The fourth-order valence-corrected chi connectivity index (χ4v) is 2.56. The Morgan fingerprint density at radius 2 is 1.80 bits per heavy atom. The molecule has 6 nitrogen and oxygen atoms in total. The molecule has 6 heteroatoms. The number of rotatable bonds is 10. The summed E-state index contributed by atoms with van der Waals surface area (Å²) >= 11 is 0. The number of benzene rings is 1. The van der Waals surface area contributed by atoms with E-state index in [-0.39, 0.29) is 18.4 Å². The average molecular weight is 408 g/mol. The molecule has 0 aliphatic rings. The second-order valence-corrected chi connectivity index (χ2v) is 7.15. The second-order valence-electron chi connectivity index (χ2n) is 7.15. The molecule has 1 aromatic carbocycles. The molecule has 2 amide bonds. The molecule has 0 bridgehead atoms. The van der Waals surface area contributed by atoms with E-state index in [4.69, 9.17) is 4.74 Å². The van der Waals surface area contributed by atoms with Crippen molar-refractivity contribution in [1.82, 2.24) is 10.3 Å². The molecule has 2 aromatic rings. The van der Waals surface area contributed by atoms with Crippen molar-refractivity contribution in [2.24, 2.45) is 0 Å². The highest BCUT2D eigenvalue weighted by molar-refractivity contribution is 5.99. The smallest absolute Gasteiger partial charge is 0.251 e. The van der Waals surface area contributed by atoms with E-state index in [9.17, 15) is 9.59 Å². The van der Waals surface area contributed by atoms with Gasteiger partial charge in [-0.3, -0.25) is 9.59 Å². The first-order valence-electron chi connectivity index (χ1n) is 9.95. The van der Waals surface area contributed by atoms with E-state index in [0.717, 1.165) is 12.8 Å². The van der Waals surface area contributed by atoms with E-state index in [1.165, 1.54) is 11.1 Å². The highest BCUT2D eigenvalue weighted by atomic mass is 16.5. The van der Waals surface area contributed by atoms with Crippen LogP contribution in [0.25, 0.3) is 0 Å². The van der Waals surface area contributed by atoms with Gasteiger partial charge in [0, 0.05) is 11.8 Å². The first-order valence-corrected chi connectivity index (χ1v) is 9.95. The zero-order valence-electron chi connectivity index (χ0n) is 17.8. The summed E-state index contributed by atoms with van der Waals surface area (Å²) in [5.41, 5.74) is 3.07. The van der Waals surface area contributed by atoms with Gasteiger partial charge in [0.25, 0.3) is 5.91 Å². The Bertz CT molecular complexity index is 884. The monoisotopic (exact) mass is 407 g/mol. The summed E-state index contributed by atoms with van der Waals surface area (Å²) in [5.74, 6) is 0.466. The number of carbonyl (C=O) groups excluding carboxylic acids is 2. The average Bonchev–Trinajstić information content (AvgIpc) is 2.73. The summed E-state index contributed by atoms with van der Waals surface area (Å²) in [4.78, 5) is 28.1. The van der Waals surface area contributed by atoms with Crippen molar-refractivity contribution in [2.75, 3.05) is 18.5 Å². The summed E-state index contributed by atoms with van der Waals surface area (Å²) in [7, 11) is 0. The van der Waals surface area contributed by atoms with Crippen LogP contribution in [0.4, 0.5) is 5.82 Å². The SMILES string of the molecule is CC(C)=CCC/C(C)=C/COc1ccc(C(=O)NCC(=O)Nc2ccccn2)cc1. The van der Waals surface area contributed by atoms with Crippen LogP contribution >= 0.6 is 0 Å². The molecular formula is C24H29N3O3. The van der Waals surface area contributed by atoms with Gasteiger partial charge in [-0.1, -0.05) is 23.3 Å². The molecule has 0 unspecified atom stereocenters. The van der Waals surface area contributed by atoms with Crippen molar-refractivity contribution < 1.29 is 14.3 Å². The lowest BCUT2D eigenvalue weighted by molar-refractivity contribution is -0.115. The maximum atomic E-state index is 12.2. The lowest BCUT2D eigenvalue weighted by Gasteiger charge is -2.08. The Balaban J connectivity index is 1.74. The van der Waals surface area contributed by atoms with Crippen molar-refractivity contribution in [2.45, 2.75) is 33.6 Å². The minimum Gasteiger partial charge on any atom is -0.490 e. The highest BCUT2D eigenvalue weighted by Crippen LogP contribution is 2.13. The standard InChI is InChI=1S/C24H29N3O3/c1-18(2)7-6-8-19(3)14-16-30-21-12-10-20(11-13-21)24(29)26-17-23(28)27-22-9-4-5-15-25-22/h4-5,7,9-15H,6,8,16-17H2,1-3H3,(H,26,29)(H,25,27,28)/b19-14+. The molecule has 0 fully saturated rings. The van der Waals surface area contributed by atoms with Gasteiger partial charge in [-0.15, -0.1) is 0 Å². The lowest BCUT2D eigenvalue weighted by atomic mass is 10.1. The van der Waals surface area contributed by atoms with E-state index in [1.54, 1.807) is 48.7 Å². The van der Waals surface area contributed by atoms with Gasteiger partial charge in [-0.25, -0.2) is 4.98 Å². The normalized spacial score (nSPS) is 10.8. The topological polar surface area (TPSA) is 80.3 Å². The van der Waals surface area contributed by atoms with Crippen molar-refractivity contribution in [3.8, 4) is 5.75 Å². The molecule has 0 aliphatic heterocycles. The Hall–Kier alpha value is -3.41. The first kappa shape index (κ1) is 22.9. The van der Waals surface area contributed by atoms with Crippen LogP contribution in [0.2, 0.25) is 0 Å². The first-order chi connectivity index (χ1) is 14.4. The second kappa shape index (κ2) is 12.2. The molecule has 2 N–H and O–H groups in total. The summed E-state index contributed by atoms with van der Waals surface area (Å²) in [6.07, 6.45) is 7.93. The number of hydrogen-bond acceptors (Lipinski definition) is 4. The molecule has 158 valence electrons. The van der Waals surface area contributed by atoms with Crippen LogP contribution in [0, 0.1) is 0 Å².